The number of benzene rings is 3. The fraction of sp³-hybridized carbons (Fsp3) is 0.136. The van der Waals surface area contributed by atoms with Crippen molar-refractivity contribution in [3.05, 3.63) is 89.5 Å². The summed E-state index contributed by atoms with van der Waals surface area (Å²) < 4.78 is 33.2. The van der Waals surface area contributed by atoms with Gasteiger partial charge in [-0.05, 0) is 42.8 Å². The van der Waals surface area contributed by atoms with Crippen LogP contribution in [0.25, 0.3) is 0 Å². The van der Waals surface area contributed by atoms with Crippen LogP contribution in [0.3, 0.4) is 0 Å². The van der Waals surface area contributed by atoms with E-state index in [0.717, 1.165) is 11.1 Å². The minimum absolute atomic E-state index is 0.0356. The van der Waals surface area contributed by atoms with Gasteiger partial charge in [-0.25, -0.2) is 13.1 Å². The predicted octanol–water partition coefficient (Wildman–Crippen LogP) is 3.73. The number of carbonyl (C=O) groups is 1. The Morgan fingerprint density at radius 1 is 0.966 bits per heavy atom. The van der Waals surface area contributed by atoms with Crippen molar-refractivity contribution in [3.8, 4) is 5.75 Å². The van der Waals surface area contributed by atoms with Crippen LogP contribution in [0.4, 0.5) is 5.69 Å². The lowest BCUT2D eigenvalue weighted by Gasteiger charge is -2.13. The van der Waals surface area contributed by atoms with Gasteiger partial charge in [0, 0.05) is 12.1 Å². The number of ether oxygens (including phenoxy) is 1. The van der Waals surface area contributed by atoms with Gasteiger partial charge in [-0.15, -0.1) is 0 Å². The van der Waals surface area contributed by atoms with Crippen molar-refractivity contribution in [2.45, 2.75) is 18.4 Å². The van der Waals surface area contributed by atoms with Crippen LogP contribution in [-0.4, -0.2) is 21.4 Å². The van der Waals surface area contributed by atoms with Crippen molar-refractivity contribution in [2.75, 3.05) is 12.4 Å². The third kappa shape index (κ3) is 5.22. The predicted molar refractivity (Wildman–Crippen MR) is 113 cm³/mol. The fourth-order valence-corrected chi connectivity index (χ4v) is 3.75. The van der Waals surface area contributed by atoms with Crippen LogP contribution in [0.1, 0.15) is 21.5 Å². The molecule has 29 heavy (non-hydrogen) atoms. The molecule has 3 aromatic carbocycles. The number of amides is 1. The molecule has 6 nitrogen and oxygen atoms in total. The van der Waals surface area contributed by atoms with E-state index in [0.29, 0.717) is 11.3 Å². The Balaban J connectivity index is 1.82. The van der Waals surface area contributed by atoms with Crippen molar-refractivity contribution < 1.29 is 17.9 Å². The van der Waals surface area contributed by atoms with Gasteiger partial charge < -0.3 is 10.1 Å². The van der Waals surface area contributed by atoms with Crippen LogP contribution in [0, 0.1) is 6.92 Å². The average Bonchev–Trinajstić information content (AvgIpc) is 2.73. The topological polar surface area (TPSA) is 84.5 Å². The molecule has 0 fully saturated rings. The molecule has 0 radical (unpaired) electrons. The summed E-state index contributed by atoms with van der Waals surface area (Å²) in [6, 6.07) is 20.6. The van der Waals surface area contributed by atoms with E-state index < -0.39 is 10.0 Å². The maximum absolute atomic E-state index is 12.7. The zero-order valence-electron chi connectivity index (χ0n) is 16.2. The summed E-state index contributed by atoms with van der Waals surface area (Å²) in [5.41, 5.74) is 2.63. The summed E-state index contributed by atoms with van der Waals surface area (Å²) in [4.78, 5) is 12.6. The first-order valence-electron chi connectivity index (χ1n) is 8.99. The fourth-order valence-electron chi connectivity index (χ4n) is 2.71. The number of aryl methyl sites for hydroxylation is 1. The molecule has 0 aliphatic rings. The standard InChI is InChI=1S/C22H22N2O4S/c1-16-8-10-18(11-9-16)22(25)24-20-14-19(12-13-21(20)28-2)29(26,27)23-15-17-6-4-3-5-7-17/h3-14,23H,15H2,1-2H3,(H,24,25). The number of rotatable bonds is 7. The molecular weight excluding hydrogens is 388 g/mol. The molecule has 0 bridgehead atoms. The molecule has 2 N–H and O–H groups in total. The molecule has 0 saturated carbocycles. The number of hydrogen-bond donors (Lipinski definition) is 2. The molecular formula is C22H22N2O4S. The Morgan fingerprint density at radius 2 is 1.66 bits per heavy atom. The number of methoxy groups -OCH3 is 1. The van der Waals surface area contributed by atoms with Gasteiger partial charge in [0.25, 0.3) is 5.91 Å². The number of hydrogen-bond acceptors (Lipinski definition) is 4. The van der Waals surface area contributed by atoms with E-state index in [1.165, 1.54) is 25.3 Å². The van der Waals surface area contributed by atoms with Gasteiger partial charge in [-0.3, -0.25) is 4.79 Å². The van der Waals surface area contributed by atoms with E-state index in [1.54, 1.807) is 12.1 Å². The minimum Gasteiger partial charge on any atom is -0.495 e. The van der Waals surface area contributed by atoms with Crippen LogP contribution in [0.15, 0.2) is 77.7 Å². The Kier molecular flexibility index (Phi) is 6.31. The molecule has 150 valence electrons. The monoisotopic (exact) mass is 410 g/mol. The zero-order valence-corrected chi connectivity index (χ0v) is 17.0. The minimum atomic E-state index is -3.77. The Hall–Kier alpha value is -3.16. The third-order valence-corrected chi connectivity index (χ3v) is 5.75. The van der Waals surface area contributed by atoms with Crippen LogP contribution in [-0.2, 0) is 16.6 Å². The summed E-state index contributed by atoms with van der Waals surface area (Å²) in [5.74, 6) is 0.0163. The molecule has 0 aliphatic carbocycles. The highest BCUT2D eigenvalue weighted by atomic mass is 32.2. The molecule has 1 amide bonds. The molecule has 0 saturated heterocycles. The lowest BCUT2D eigenvalue weighted by molar-refractivity contribution is 0.102. The molecule has 0 aromatic heterocycles. The van der Waals surface area contributed by atoms with E-state index in [-0.39, 0.29) is 23.0 Å². The Bertz CT molecular complexity index is 1100. The first-order chi connectivity index (χ1) is 13.9. The second-order valence-corrected chi connectivity index (χ2v) is 8.26. The lowest BCUT2D eigenvalue weighted by Crippen LogP contribution is -2.23. The Morgan fingerprint density at radius 3 is 2.31 bits per heavy atom. The average molecular weight is 410 g/mol. The highest BCUT2D eigenvalue weighted by Crippen LogP contribution is 2.28. The molecule has 7 heteroatoms. The molecule has 0 spiro atoms. The van der Waals surface area contributed by atoms with Crippen molar-refractivity contribution >= 4 is 21.6 Å². The second kappa shape index (κ2) is 8.89. The van der Waals surface area contributed by atoms with Crippen LogP contribution >= 0.6 is 0 Å². The molecule has 0 aliphatic heterocycles. The zero-order chi connectivity index (χ0) is 20.9. The number of carbonyl (C=O) groups excluding carboxylic acids is 1. The van der Waals surface area contributed by atoms with Crippen LogP contribution in [0.5, 0.6) is 5.75 Å². The van der Waals surface area contributed by atoms with E-state index in [9.17, 15) is 13.2 Å². The highest BCUT2D eigenvalue weighted by molar-refractivity contribution is 7.89. The SMILES string of the molecule is COc1ccc(S(=O)(=O)NCc2ccccc2)cc1NC(=O)c1ccc(C)cc1. The molecule has 3 rings (SSSR count). The third-order valence-electron chi connectivity index (χ3n) is 4.35. The number of sulfonamides is 1. The van der Waals surface area contributed by atoms with E-state index in [1.807, 2.05) is 49.4 Å². The van der Waals surface area contributed by atoms with Gasteiger partial charge in [0.15, 0.2) is 0 Å². The van der Waals surface area contributed by atoms with Crippen molar-refractivity contribution in [1.29, 1.82) is 0 Å². The van der Waals surface area contributed by atoms with Gasteiger partial charge in [0.05, 0.1) is 17.7 Å². The summed E-state index contributed by atoms with van der Waals surface area (Å²) >= 11 is 0. The Labute approximate surface area is 170 Å². The van der Waals surface area contributed by atoms with Gasteiger partial charge in [-0.1, -0.05) is 48.0 Å². The molecule has 0 unspecified atom stereocenters. The maximum Gasteiger partial charge on any atom is 0.255 e. The van der Waals surface area contributed by atoms with Crippen molar-refractivity contribution in [2.24, 2.45) is 0 Å². The number of nitrogens with one attached hydrogen (secondary N) is 2. The summed E-state index contributed by atoms with van der Waals surface area (Å²) in [6.07, 6.45) is 0. The van der Waals surface area contributed by atoms with E-state index in [2.05, 4.69) is 10.0 Å². The van der Waals surface area contributed by atoms with Crippen LogP contribution < -0.4 is 14.8 Å². The first-order valence-corrected chi connectivity index (χ1v) is 10.5. The molecule has 3 aromatic rings. The highest BCUT2D eigenvalue weighted by Gasteiger charge is 2.18. The quantitative estimate of drug-likeness (QED) is 0.622. The molecule has 0 heterocycles. The van der Waals surface area contributed by atoms with Crippen LogP contribution in [0.2, 0.25) is 0 Å². The summed E-state index contributed by atoms with van der Waals surface area (Å²) in [6.45, 7) is 2.10. The molecule has 0 atom stereocenters. The number of anilines is 1. The largest absolute Gasteiger partial charge is 0.495 e. The second-order valence-electron chi connectivity index (χ2n) is 6.49. The van der Waals surface area contributed by atoms with Gasteiger partial charge >= 0.3 is 0 Å². The summed E-state index contributed by atoms with van der Waals surface area (Å²) in [5, 5.41) is 2.73. The van der Waals surface area contributed by atoms with E-state index >= 15 is 0 Å². The van der Waals surface area contributed by atoms with Gasteiger partial charge in [-0.2, -0.15) is 0 Å². The smallest absolute Gasteiger partial charge is 0.255 e. The van der Waals surface area contributed by atoms with Crippen molar-refractivity contribution in [3.63, 3.8) is 0 Å². The van der Waals surface area contributed by atoms with Crippen molar-refractivity contribution in [1.82, 2.24) is 4.72 Å². The van der Waals surface area contributed by atoms with Gasteiger partial charge in [0.2, 0.25) is 10.0 Å². The summed E-state index contributed by atoms with van der Waals surface area (Å²) in [7, 11) is -2.31. The van der Waals surface area contributed by atoms with E-state index in [4.69, 9.17) is 4.74 Å². The van der Waals surface area contributed by atoms with Gasteiger partial charge in [0.1, 0.15) is 5.75 Å². The normalized spacial score (nSPS) is 11.1. The lowest BCUT2D eigenvalue weighted by atomic mass is 10.1. The maximum atomic E-state index is 12.7. The first kappa shape index (κ1) is 20.6.